The van der Waals surface area contributed by atoms with Crippen molar-refractivity contribution in [2.75, 3.05) is 19.6 Å². The molecule has 90 valence electrons. The van der Waals surface area contributed by atoms with Crippen LogP contribution in [0.25, 0.3) is 0 Å². The predicted octanol–water partition coefficient (Wildman–Crippen LogP) is 2.48. The van der Waals surface area contributed by atoms with Crippen LogP contribution >= 0.6 is 0 Å². The van der Waals surface area contributed by atoms with E-state index in [1.807, 2.05) is 0 Å². The van der Waals surface area contributed by atoms with Crippen molar-refractivity contribution in [2.45, 2.75) is 53.0 Å². The van der Waals surface area contributed by atoms with Crippen molar-refractivity contribution in [1.82, 2.24) is 4.90 Å². The molecule has 1 rings (SSSR count). The Hall–Kier alpha value is -0.0800. The first-order valence-electron chi connectivity index (χ1n) is 6.37. The van der Waals surface area contributed by atoms with Crippen molar-refractivity contribution in [2.24, 2.45) is 17.1 Å². The average molecular weight is 212 g/mol. The molecule has 0 aromatic rings. The number of nitrogens with two attached hydrogens (primary N) is 1. The van der Waals surface area contributed by atoms with Crippen molar-refractivity contribution >= 4 is 0 Å². The quantitative estimate of drug-likeness (QED) is 0.779. The smallest absolute Gasteiger partial charge is 0.00226 e. The summed E-state index contributed by atoms with van der Waals surface area (Å²) in [6, 6.07) is 0.352. The van der Waals surface area contributed by atoms with Crippen LogP contribution in [0.2, 0.25) is 0 Å². The zero-order chi connectivity index (χ0) is 11.5. The molecular weight excluding hydrogens is 184 g/mol. The Balaban J connectivity index is 2.24. The average Bonchev–Trinajstić information content (AvgIpc) is 2.14. The lowest BCUT2D eigenvalue weighted by Gasteiger charge is -2.39. The third-order valence-electron chi connectivity index (χ3n) is 3.71. The second kappa shape index (κ2) is 5.31. The number of rotatable bonds is 3. The molecule has 1 atom stereocenters. The number of nitrogens with zero attached hydrogens (tertiary/aromatic N) is 1. The van der Waals surface area contributed by atoms with E-state index in [-0.39, 0.29) is 0 Å². The van der Waals surface area contributed by atoms with Crippen molar-refractivity contribution < 1.29 is 0 Å². The second-order valence-electron chi connectivity index (χ2n) is 6.25. The zero-order valence-corrected chi connectivity index (χ0v) is 10.9. The van der Waals surface area contributed by atoms with Gasteiger partial charge < -0.3 is 10.6 Å². The van der Waals surface area contributed by atoms with Gasteiger partial charge in [-0.15, -0.1) is 0 Å². The minimum absolute atomic E-state index is 0.352. The van der Waals surface area contributed by atoms with Gasteiger partial charge in [0.25, 0.3) is 0 Å². The Bertz CT molecular complexity index is 173. The summed E-state index contributed by atoms with van der Waals surface area (Å²) < 4.78 is 0. The number of hydrogen-bond acceptors (Lipinski definition) is 2. The van der Waals surface area contributed by atoms with Gasteiger partial charge in [-0.05, 0) is 57.2 Å². The van der Waals surface area contributed by atoms with E-state index >= 15 is 0 Å². The SMILES string of the molecule is CC(N)CCN1CCC(C(C)(C)C)CC1. The maximum Gasteiger partial charge on any atom is 0.00226 e. The van der Waals surface area contributed by atoms with Gasteiger partial charge in [0.2, 0.25) is 0 Å². The van der Waals surface area contributed by atoms with E-state index in [2.05, 4.69) is 32.6 Å². The summed E-state index contributed by atoms with van der Waals surface area (Å²) in [6.45, 7) is 12.9. The predicted molar refractivity (Wildman–Crippen MR) is 66.9 cm³/mol. The van der Waals surface area contributed by atoms with E-state index in [4.69, 9.17) is 5.73 Å². The van der Waals surface area contributed by atoms with Crippen molar-refractivity contribution in [3.63, 3.8) is 0 Å². The molecule has 0 saturated carbocycles. The molecule has 0 bridgehead atoms. The zero-order valence-electron chi connectivity index (χ0n) is 10.9. The topological polar surface area (TPSA) is 29.3 Å². The van der Waals surface area contributed by atoms with Crippen LogP contribution in [-0.2, 0) is 0 Å². The molecule has 1 fully saturated rings. The standard InChI is InChI=1S/C13H28N2/c1-11(14)5-8-15-9-6-12(7-10-15)13(2,3)4/h11-12H,5-10,14H2,1-4H3. The Kier molecular flexibility index (Phi) is 4.60. The van der Waals surface area contributed by atoms with Crippen molar-refractivity contribution in [3.8, 4) is 0 Å². The van der Waals surface area contributed by atoms with Crippen LogP contribution in [0.3, 0.4) is 0 Å². The van der Waals surface area contributed by atoms with E-state index in [1.54, 1.807) is 0 Å². The molecule has 1 aliphatic rings. The fourth-order valence-corrected chi connectivity index (χ4v) is 2.41. The normalized spacial score (nSPS) is 23.0. The molecule has 0 spiro atoms. The molecule has 15 heavy (non-hydrogen) atoms. The molecule has 0 aromatic carbocycles. The first-order chi connectivity index (χ1) is 6.89. The van der Waals surface area contributed by atoms with E-state index in [9.17, 15) is 0 Å². The molecular formula is C13H28N2. The summed E-state index contributed by atoms with van der Waals surface area (Å²) in [7, 11) is 0. The largest absolute Gasteiger partial charge is 0.328 e. The highest BCUT2D eigenvalue weighted by atomic mass is 15.1. The van der Waals surface area contributed by atoms with Gasteiger partial charge in [-0.2, -0.15) is 0 Å². The highest BCUT2D eigenvalue weighted by Gasteiger charge is 2.28. The lowest BCUT2D eigenvalue weighted by Crippen LogP contribution is -2.39. The van der Waals surface area contributed by atoms with E-state index in [0.29, 0.717) is 11.5 Å². The molecule has 1 heterocycles. The molecule has 0 aliphatic carbocycles. The molecule has 1 saturated heterocycles. The van der Waals surface area contributed by atoms with Gasteiger partial charge in [0.15, 0.2) is 0 Å². The molecule has 1 unspecified atom stereocenters. The van der Waals surface area contributed by atoms with Gasteiger partial charge >= 0.3 is 0 Å². The molecule has 2 nitrogen and oxygen atoms in total. The van der Waals surface area contributed by atoms with Crippen LogP contribution < -0.4 is 5.73 Å². The van der Waals surface area contributed by atoms with Gasteiger partial charge in [0.1, 0.15) is 0 Å². The van der Waals surface area contributed by atoms with Crippen LogP contribution in [-0.4, -0.2) is 30.6 Å². The van der Waals surface area contributed by atoms with Crippen LogP contribution in [0, 0.1) is 11.3 Å². The summed E-state index contributed by atoms with van der Waals surface area (Å²) in [5.74, 6) is 0.907. The fraction of sp³-hybridized carbons (Fsp3) is 1.00. The third kappa shape index (κ3) is 4.52. The Morgan fingerprint density at radius 2 is 1.80 bits per heavy atom. The fourth-order valence-electron chi connectivity index (χ4n) is 2.41. The molecule has 0 radical (unpaired) electrons. The summed E-state index contributed by atoms with van der Waals surface area (Å²) >= 11 is 0. The molecule has 1 aliphatic heterocycles. The molecule has 2 N–H and O–H groups in total. The minimum Gasteiger partial charge on any atom is -0.328 e. The van der Waals surface area contributed by atoms with Crippen LogP contribution in [0.1, 0.15) is 47.0 Å². The lowest BCUT2D eigenvalue weighted by atomic mass is 9.75. The van der Waals surface area contributed by atoms with Gasteiger partial charge in [-0.1, -0.05) is 20.8 Å². The Morgan fingerprint density at radius 1 is 1.27 bits per heavy atom. The number of likely N-dealkylation sites (tertiary alicyclic amines) is 1. The monoisotopic (exact) mass is 212 g/mol. The van der Waals surface area contributed by atoms with Gasteiger partial charge in [0, 0.05) is 6.04 Å². The second-order valence-corrected chi connectivity index (χ2v) is 6.25. The van der Waals surface area contributed by atoms with Gasteiger partial charge in [0.05, 0.1) is 0 Å². The molecule has 2 heteroatoms. The summed E-state index contributed by atoms with van der Waals surface area (Å²) in [4.78, 5) is 2.58. The van der Waals surface area contributed by atoms with Crippen LogP contribution in [0.15, 0.2) is 0 Å². The third-order valence-corrected chi connectivity index (χ3v) is 3.71. The van der Waals surface area contributed by atoms with Crippen LogP contribution in [0.4, 0.5) is 0 Å². The highest BCUT2D eigenvalue weighted by molar-refractivity contribution is 4.80. The summed E-state index contributed by atoms with van der Waals surface area (Å²) in [6.07, 6.45) is 3.87. The molecule has 0 amide bonds. The maximum atomic E-state index is 5.78. The van der Waals surface area contributed by atoms with Gasteiger partial charge in [-0.3, -0.25) is 0 Å². The van der Waals surface area contributed by atoms with E-state index in [0.717, 1.165) is 12.3 Å². The van der Waals surface area contributed by atoms with Gasteiger partial charge in [-0.25, -0.2) is 0 Å². The highest BCUT2D eigenvalue weighted by Crippen LogP contribution is 2.34. The number of hydrogen-bond donors (Lipinski definition) is 1. The lowest BCUT2D eigenvalue weighted by molar-refractivity contribution is 0.110. The number of piperidine rings is 1. The summed E-state index contributed by atoms with van der Waals surface area (Å²) in [5, 5.41) is 0. The Morgan fingerprint density at radius 3 is 2.20 bits per heavy atom. The van der Waals surface area contributed by atoms with Crippen molar-refractivity contribution in [1.29, 1.82) is 0 Å². The van der Waals surface area contributed by atoms with E-state index in [1.165, 1.54) is 32.5 Å². The first-order valence-corrected chi connectivity index (χ1v) is 6.37. The maximum absolute atomic E-state index is 5.78. The summed E-state index contributed by atoms with van der Waals surface area (Å²) in [5.41, 5.74) is 6.27. The minimum atomic E-state index is 0.352. The van der Waals surface area contributed by atoms with E-state index < -0.39 is 0 Å². The van der Waals surface area contributed by atoms with Crippen LogP contribution in [0.5, 0.6) is 0 Å². The van der Waals surface area contributed by atoms with Crippen molar-refractivity contribution in [3.05, 3.63) is 0 Å². The Labute approximate surface area is 95.2 Å². The molecule has 0 aromatic heterocycles. The first kappa shape index (κ1) is 13.0.